The van der Waals surface area contributed by atoms with E-state index in [1.165, 1.54) is 0 Å². The topological polar surface area (TPSA) is 153 Å². The minimum Gasteiger partial charge on any atom is -0.344 e. The third-order valence-electron chi connectivity index (χ3n) is 3.20. The molecule has 0 unspecified atom stereocenters. The number of hydrazine groups is 1. The second-order valence-corrected chi connectivity index (χ2v) is 4.87. The first kappa shape index (κ1) is 16.8. The Hall–Kier alpha value is -3.53. The number of nitrogen functional groups attached to an aromatic ring is 1. The van der Waals surface area contributed by atoms with E-state index in [0.29, 0.717) is 5.69 Å². The van der Waals surface area contributed by atoms with Gasteiger partial charge < -0.3 is 5.32 Å². The van der Waals surface area contributed by atoms with Crippen molar-refractivity contribution in [3.8, 4) is 0 Å². The quantitative estimate of drug-likeness (QED) is 0.328. The first-order valence-corrected chi connectivity index (χ1v) is 6.65. The van der Waals surface area contributed by atoms with Gasteiger partial charge in [-0.2, -0.15) is 0 Å². The molecule has 0 atom stereocenters. The Morgan fingerprint density at radius 3 is 1.96 bits per heavy atom. The molecule has 0 heterocycles. The molecule has 1 amide bonds. The Balaban J connectivity index is 2.62. The van der Waals surface area contributed by atoms with Gasteiger partial charge in [0.05, 0.1) is 15.4 Å². The lowest BCUT2D eigenvalue weighted by Crippen LogP contribution is -2.30. The summed E-state index contributed by atoms with van der Waals surface area (Å²) in [6.45, 7) is 1.86. The standard InChI is InChI=1S/C14H13N5O5/c1-8-2-4-10(5-3-8)16-13-11(18(21)22)6-9(14(20)17-15)7-12(13)19(23)24/h2-7,16H,15H2,1H3,(H,17,20). The van der Waals surface area contributed by atoms with Crippen LogP contribution in [0.4, 0.5) is 22.7 Å². The molecule has 24 heavy (non-hydrogen) atoms. The highest BCUT2D eigenvalue weighted by molar-refractivity contribution is 5.97. The Morgan fingerprint density at radius 1 is 1.04 bits per heavy atom. The number of nitro groups is 2. The van der Waals surface area contributed by atoms with Crippen molar-refractivity contribution in [3.05, 3.63) is 67.8 Å². The molecule has 2 rings (SSSR count). The number of benzene rings is 2. The van der Waals surface area contributed by atoms with Gasteiger partial charge >= 0.3 is 11.4 Å². The van der Waals surface area contributed by atoms with Crippen molar-refractivity contribution in [3.63, 3.8) is 0 Å². The summed E-state index contributed by atoms with van der Waals surface area (Å²) in [7, 11) is 0. The largest absolute Gasteiger partial charge is 0.344 e. The summed E-state index contributed by atoms with van der Waals surface area (Å²) in [6.07, 6.45) is 0. The minimum absolute atomic E-state index is 0.287. The van der Waals surface area contributed by atoms with E-state index < -0.39 is 27.1 Å². The number of nitro benzene ring substituents is 2. The van der Waals surface area contributed by atoms with Crippen molar-refractivity contribution < 1.29 is 14.6 Å². The highest BCUT2D eigenvalue weighted by Crippen LogP contribution is 2.37. The van der Waals surface area contributed by atoms with Gasteiger partial charge in [0.25, 0.3) is 5.91 Å². The van der Waals surface area contributed by atoms with Gasteiger partial charge in [-0.25, -0.2) is 5.84 Å². The molecule has 0 saturated carbocycles. The van der Waals surface area contributed by atoms with Crippen LogP contribution < -0.4 is 16.6 Å². The molecular weight excluding hydrogens is 318 g/mol. The van der Waals surface area contributed by atoms with Crippen LogP contribution in [0.1, 0.15) is 15.9 Å². The fourth-order valence-electron chi connectivity index (χ4n) is 2.02. The summed E-state index contributed by atoms with van der Waals surface area (Å²) in [5.74, 6) is 4.11. The highest BCUT2D eigenvalue weighted by Gasteiger charge is 2.28. The molecule has 0 radical (unpaired) electrons. The van der Waals surface area contributed by atoms with E-state index in [2.05, 4.69) is 5.32 Å². The van der Waals surface area contributed by atoms with Crippen LogP contribution in [0, 0.1) is 27.2 Å². The van der Waals surface area contributed by atoms with E-state index >= 15 is 0 Å². The molecule has 124 valence electrons. The lowest BCUT2D eigenvalue weighted by molar-refractivity contribution is -0.392. The van der Waals surface area contributed by atoms with Crippen molar-refractivity contribution in [2.75, 3.05) is 5.32 Å². The molecule has 0 bridgehead atoms. The van der Waals surface area contributed by atoms with Crippen molar-refractivity contribution in [1.29, 1.82) is 0 Å². The van der Waals surface area contributed by atoms with Gasteiger partial charge in [0.15, 0.2) is 5.69 Å². The number of nitrogens with one attached hydrogen (secondary N) is 2. The van der Waals surface area contributed by atoms with Crippen LogP contribution in [-0.2, 0) is 0 Å². The molecule has 0 aliphatic carbocycles. The van der Waals surface area contributed by atoms with Gasteiger partial charge in [0, 0.05) is 17.8 Å². The van der Waals surface area contributed by atoms with E-state index in [1.54, 1.807) is 29.7 Å². The molecule has 2 aromatic carbocycles. The van der Waals surface area contributed by atoms with Gasteiger partial charge in [0.2, 0.25) is 0 Å². The van der Waals surface area contributed by atoms with Gasteiger partial charge in [-0.05, 0) is 19.1 Å². The fourth-order valence-corrected chi connectivity index (χ4v) is 2.02. The maximum atomic E-state index is 11.6. The molecule has 2 aromatic rings. The second-order valence-electron chi connectivity index (χ2n) is 4.87. The van der Waals surface area contributed by atoms with Gasteiger partial charge in [-0.15, -0.1) is 0 Å². The van der Waals surface area contributed by atoms with Crippen molar-refractivity contribution in [2.24, 2.45) is 5.84 Å². The monoisotopic (exact) mass is 331 g/mol. The smallest absolute Gasteiger partial charge is 0.300 e. The summed E-state index contributed by atoms with van der Waals surface area (Å²) in [6, 6.07) is 8.59. The zero-order valence-electron chi connectivity index (χ0n) is 12.5. The number of amides is 1. The SMILES string of the molecule is Cc1ccc(Nc2c([N+](=O)[O-])cc(C(=O)NN)cc2[N+](=O)[O-])cc1. The first-order chi connectivity index (χ1) is 11.3. The lowest BCUT2D eigenvalue weighted by Gasteiger charge is -2.09. The number of nitrogens with zero attached hydrogens (tertiary/aromatic N) is 2. The normalized spacial score (nSPS) is 10.1. The van der Waals surface area contributed by atoms with E-state index in [4.69, 9.17) is 5.84 Å². The van der Waals surface area contributed by atoms with Crippen LogP contribution in [0.3, 0.4) is 0 Å². The number of anilines is 2. The molecule has 10 heteroatoms. The molecule has 0 fully saturated rings. The van der Waals surface area contributed by atoms with Crippen molar-refractivity contribution in [1.82, 2.24) is 5.43 Å². The molecular formula is C14H13N5O5. The fraction of sp³-hybridized carbons (Fsp3) is 0.0714. The summed E-state index contributed by atoms with van der Waals surface area (Å²) in [5, 5.41) is 25.2. The zero-order chi connectivity index (χ0) is 17.9. The predicted octanol–water partition coefficient (Wildman–Crippen LogP) is 2.16. The number of aryl methyl sites for hydroxylation is 1. The van der Waals surface area contributed by atoms with E-state index in [1.807, 2.05) is 6.92 Å². The van der Waals surface area contributed by atoms with Crippen LogP contribution in [-0.4, -0.2) is 15.8 Å². The maximum absolute atomic E-state index is 11.6. The Kier molecular flexibility index (Phi) is 4.70. The van der Waals surface area contributed by atoms with E-state index in [0.717, 1.165) is 17.7 Å². The van der Waals surface area contributed by atoms with Crippen LogP contribution in [0.2, 0.25) is 0 Å². The number of hydrogen-bond donors (Lipinski definition) is 3. The highest BCUT2D eigenvalue weighted by atomic mass is 16.6. The van der Waals surface area contributed by atoms with E-state index in [-0.39, 0.29) is 11.3 Å². The molecule has 4 N–H and O–H groups in total. The Labute approximate surface area is 135 Å². The number of carbonyl (C=O) groups excluding carboxylic acids is 1. The van der Waals surface area contributed by atoms with Crippen LogP contribution in [0.5, 0.6) is 0 Å². The Morgan fingerprint density at radius 2 is 1.54 bits per heavy atom. The number of carbonyl (C=O) groups is 1. The van der Waals surface area contributed by atoms with Crippen molar-refractivity contribution in [2.45, 2.75) is 6.92 Å². The lowest BCUT2D eigenvalue weighted by atomic mass is 10.1. The number of rotatable bonds is 5. The summed E-state index contributed by atoms with van der Waals surface area (Å²) < 4.78 is 0. The molecule has 0 saturated heterocycles. The van der Waals surface area contributed by atoms with Crippen LogP contribution in [0.15, 0.2) is 36.4 Å². The Bertz CT molecular complexity index is 784. The third kappa shape index (κ3) is 3.44. The van der Waals surface area contributed by atoms with Gasteiger partial charge in [0.1, 0.15) is 0 Å². The third-order valence-corrected chi connectivity index (χ3v) is 3.20. The predicted molar refractivity (Wildman–Crippen MR) is 85.9 cm³/mol. The van der Waals surface area contributed by atoms with Gasteiger partial charge in [-0.3, -0.25) is 30.4 Å². The molecule has 0 aromatic heterocycles. The molecule has 0 aliphatic rings. The van der Waals surface area contributed by atoms with Crippen LogP contribution in [0.25, 0.3) is 0 Å². The number of hydrogen-bond acceptors (Lipinski definition) is 7. The van der Waals surface area contributed by atoms with Crippen LogP contribution >= 0.6 is 0 Å². The van der Waals surface area contributed by atoms with E-state index in [9.17, 15) is 25.0 Å². The number of nitrogens with two attached hydrogens (primary N) is 1. The summed E-state index contributed by atoms with van der Waals surface area (Å²) >= 11 is 0. The second kappa shape index (κ2) is 6.71. The zero-order valence-corrected chi connectivity index (χ0v) is 12.5. The summed E-state index contributed by atoms with van der Waals surface area (Å²) in [5.41, 5.74) is 1.36. The molecule has 0 spiro atoms. The molecule has 0 aliphatic heterocycles. The average Bonchev–Trinajstić information content (AvgIpc) is 2.55. The maximum Gasteiger partial charge on any atom is 0.300 e. The average molecular weight is 331 g/mol. The summed E-state index contributed by atoms with van der Waals surface area (Å²) in [4.78, 5) is 32.5. The molecule has 10 nitrogen and oxygen atoms in total. The first-order valence-electron chi connectivity index (χ1n) is 6.65. The minimum atomic E-state index is -0.872. The van der Waals surface area contributed by atoms with Crippen molar-refractivity contribution >= 4 is 28.7 Å². The van der Waals surface area contributed by atoms with Gasteiger partial charge in [-0.1, -0.05) is 17.7 Å².